The lowest BCUT2D eigenvalue weighted by atomic mass is 10.1. The van der Waals surface area contributed by atoms with Crippen LogP contribution < -0.4 is 15.5 Å². The highest BCUT2D eigenvalue weighted by atomic mass is 32.2. The van der Waals surface area contributed by atoms with Gasteiger partial charge in [0.05, 0.1) is 11.8 Å². The van der Waals surface area contributed by atoms with Crippen molar-refractivity contribution in [3.63, 3.8) is 0 Å². The summed E-state index contributed by atoms with van der Waals surface area (Å²) < 4.78 is 31.1. The number of rotatable bonds is 9. The van der Waals surface area contributed by atoms with E-state index in [2.05, 4.69) is 10.3 Å². The summed E-state index contributed by atoms with van der Waals surface area (Å²) >= 11 is 0. The van der Waals surface area contributed by atoms with Crippen molar-refractivity contribution in [1.82, 2.24) is 25.0 Å². The number of fused-ring (bicyclic) bond motifs is 1. The maximum absolute atomic E-state index is 12.8. The lowest BCUT2D eigenvalue weighted by Crippen LogP contribution is -2.53. The monoisotopic (exact) mass is 555 g/mol. The van der Waals surface area contributed by atoms with Gasteiger partial charge in [0.2, 0.25) is 10.0 Å². The molecule has 1 atom stereocenters. The maximum atomic E-state index is 12.8. The molecule has 39 heavy (non-hydrogen) atoms. The Bertz CT molecular complexity index is 1430. The number of carbonyl (C=O) groups excluding carboxylic acids is 2. The van der Waals surface area contributed by atoms with Crippen LogP contribution in [0.25, 0.3) is 10.9 Å². The first-order valence-corrected chi connectivity index (χ1v) is 14.5. The number of nitrogens with one attached hydrogen (secondary N) is 2. The molecule has 4 rings (SSSR count). The van der Waals surface area contributed by atoms with Crippen molar-refractivity contribution in [2.45, 2.75) is 26.0 Å². The maximum Gasteiger partial charge on any atom is 0.262 e. The molecule has 2 amide bonds. The molecule has 0 spiro atoms. The van der Waals surface area contributed by atoms with E-state index in [9.17, 15) is 23.2 Å². The highest BCUT2D eigenvalue weighted by molar-refractivity contribution is 7.88. The Morgan fingerprint density at radius 2 is 1.82 bits per heavy atom. The second kappa shape index (κ2) is 12.5. The first-order valence-electron chi connectivity index (χ1n) is 12.6. The minimum absolute atomic E-state index is 0.0587. The second-order valence-electron chi connectivity index (χ2n) is 9.51. The number of aromatic nitrogens is 1. The van der Waals surface area contributed by atoms with Crippen molar-refractivity contribution in [2.75, 3.05) is 39.0 Å². The molecule has 1 aromatic heterocycles. The molecular formula is C27H33N5O6S. The van der Waals surface area contributed by atoms with Gasteiger partial charge in [-0.1, -0.05) is 18.2 Å². The Morgan fingerprint density at radius 1 is 1.08 bits per heavy atom. The molecule has 0 radical (unpaired) electrons. The third kappa shape index (κ3) is 7.30. The first kappa shape index (κ1) is 28.4. The van der Waals surface area contributed by atoms with Gasteiger partial charge in [-0.3, -0.25) is 24.7 Å². The van der Waals surface area contributed by atoms with E-state index < -0.39 is 22.0 Å². The van der Waals surface area contributed by atoms with Crippen molar-refractivity contribution >= 4 is 32.7 Å². The summed E-state index contributed by atoms with van der Waals surface area (Å²) in [6.45, 7) is 3.53. The molecule has 3 N–H and O–H groups in total. The van der Waals surface area contributed by atoms with Gasteiger partial charge in [0.1, 0.15) is 18.4 Å². The van der Waals surface area contributed by atoms with Gasteiger partial charge >= 0.3 is 0 Å². The highest BCUT2D eigenvalue weighted by Crippen LogP contribution is 2.21. The van der Waals surface area contributed by atoms with Gasteiger partial charge in [-0.15, -0.1) is 0 Å². The van der Waals surface area contributed by atoms with Crippen molar-refractivity contribution in [1.29, 1.82) is 0 Å². The van der Waals surface area contributed by atoms with Gasteiger partial charge in [-0.25, -0.2) is 18.2 Å². The standard InChI is InChI=1S/C27H33N5O6S/c1-19-16-21(23-6-3-4-7-24(23)29-19)18-38-22-10-8-20(9-11-22)26(33)28-17-25(27(34)30-35)31-12-5-13-32(15-14-31)39(2,36)37/h3-4,6-11,16,25,35H,5,12-15,17-18H2,1-2H3,(H,28,33)(H,30,34)/t25-/m0/s1. The van der Waals surface area contributed by atoms with Gasteiger partial charge in [-0.05, 0) is 49.7 Å². The minimum Gasteiger partial charge on any atom is -0.489 e. The number of sulfonamides is 1. The van der Waals surface area contributed by atoms with Crippen LogP contribution in [-0.4, -0.2) is 84.6 Å². The molecule has 0 unspecified atom stereocenters. The fourth-order valence-corrected chi connectivity index (χ4v) is 5.56. The number of amides is 2. The number of hydrogen-bond donors (Lipinski definition) is 3. The SMILES string of the molecule is Cc1cc(COc2ccc(C(=O)NC[C@@H](C(=O)NO)N3CCCN(S(C)(=O)=O)CC3)cc2)c2ccccc2n1. The Kier molecular flexibility index (Phi) is 9.12. The number of nitrogens with zero attached hydrogens (tertiary/aromatic N) is 3. The van der Waals surface area contributed by atoms with Crippen molar-refractivity contribution in [3.8, 4) is 5.75 Å². The zero-order valence-electron chi connectivity index (χ0n) is 22.0. The van der Waals surface area contributed by atoms with Crippen LogP contribution in [0.15, 0.2) is 54.6 Å². The molecule has 11 nitrogen and oxygen atoms in total. The number of aryl methyl sites for hydroxylation is 1. The Labute approximate surface area is 227 Å². The Morgan fingerprint density at radius 3 is 2.54 bits per heavy atom. The zero-order valence-corrected chi connectivity index (χ0v) is 22.8. The van der Waals surface area contributed by atoms with E-state index in [1.165, 1.54) is 4.31 Å². The number of hydroxylamine groups is 1. The van der Waals surface area contributed by atoms with Crippen LogP contribution in [0.4, 0.5) is 0 Å². The van der Waals surface area contributed by atoms with E-state index >= 15 is 0 Å². The van der Waals surface area contributed by atoms with Gasteiger partial charge in [-0.2, -0.15) is 0 Å². The molecule has 1 fully saturated rings. The van der Waals surface area contributed by atoms with Crippen molar-refractivity contribution < 1.29 is 28.0 Å². The van der Waals surface area contributed by atoms with Gasteiger partial charge in [0.15, 0.2) is 0 Å². The van der Waals surface area contributed by atoms with Crippen molar-refractivity contribution in [3.05, 3.63) is 71.4 Å². The summed E-state index contributed by atoms with van der Waals surface area (Å²) in [6.07, 6.45) is 1.67. The summed E-state index contributed by atoms with van der Waals surface area (Å²) in [7, 11) is -3.35. The molecule has 0 saturated carbocycles. The minimum atomic E-state index is -3.35. The second-order valence-corrected chi connectivity index (χ2v) is 11.5. The van der Waals surface area contributed by atoms with Gasteiger partial charge in [0.25, 0.3) is 11.8 Å². The molecule has 1 aliphatic rings. The molecule has 2 heterocycles. The summed E-state index contributed by atoms with van der Waals surface area (Å²) in [5, 5.41) is 13.0. The van der Waals surface area contributed by atoms with Gasteiger partial charge < -0.3 is 10.1 Å². The van der Waals surface area contributed by atoms with Crippen LogP contribution in [0, 0.1) is 6.92 Å². The van der Waals surface area contributed by atoms with E-state index in [0.29, 0.717) is 44.0 Å². The molecular weight excluding hydrogens is 522 g/mol. The van der Waals surface area contributed by atoms with E-state index in [1.807, 2.05) is 37.3 Å². The van der Waals surface area contributed by atoms with Gasteiger partial charge in [0, 0.05) is 54.9 Å². The van der Waals surface area contributed by atoms with Crippen molar-refractivity contribution in [2.24, 2.45) is 0 Å². The lowest BCUT2D eigenvalue weighted by molar-refractivity contribution is -0.134. The van der Waals surface area contributed by atoms with Crippen LogP contribution in [0.5, 0.6) is 5.75 Å². The van der Waals surface area contributed by atoms with E-state index in [1.54, 1.807) is 34.6 Å². The summed E-state index contributed by atoms with van der Waals surface area (Å²) in [5.74, 6) is -0.464. The molecule has 0 aliphatic carbocycles. The number of ether oxygens (including phenoxy) is 1. The molecule has 1 aliphatic heterocycles. The van der Waals surface area contributed by atoms with E-state index in [0.717, 1.165) is 28.4 Å². The molecule has 0 bridgehead atoms. The third-order valence-corrected chi connectivity index (χ3v) is 8.01. The number of hydrogen-bond acceptors (Lipinski definition) is 8. The largest absolute Gasteiger partial charge is 0.489 e. The predicted molar refractivity (Wildman–Crippen MR) is 146 cm³/mol. The lowest BCUT2D eigenvalue weighted by Gasteiger charge is -2.29. The quantitative estimate of drug-likeness (QED) is 0.268. The molecule has 208 valence electrons. The average molecular weight is 556 g/mol. The fourth-order valence-electron chi connectivity index (χ4n) is 4.69. The van der Waals surface area contributed by atoms with E-state index in [-0.39, 0.29) is 19.0 Å². The Balaban J connectivity index is 1.35. The summed E-state index contributed by atoms with van der Waals surface area (Å²) in [4.78, 5) is 31.5. The normalized spacial score (nSPS) is 15.9. The molecule has 12 heteroatoms. The molecule has 1 saturated heterocycles. The molecule has 2 aromatic carbocycles. The number of pyridine rings is 1. The van der Waals surface area contributed by atoms with Crippen LogP contribution in [0.1, 0.15) is 28.0 Å². The summed E-state index contributed by atoms with van der Waals surface area (Å²) in [5.41, 5.74) is 4.86. The predicted octanol–water partition coefficient (Wildman–Crippen LogP) is 1.69. The third-order valence-electron chi connectivity index (χ3n) is 6.71. The number of benzene rings is 2. The highest BCUT2D eigenvalue weighted by Gasteiger charge is 2.30. The zero-order chi connectivity index (χ0) is 28.0. The smallest absolute Gasteiger partial charge is 0.262 e. The summed E-state index contributed by atoms with van der Waals surface area (Å²) in [6, 6.07) is 15.7. The van der Waals surface area contributed by atoms with Crippen LogP contribution in [0.2, 0.25) is 0 Å². The fraction of sp³-hybridized carbons (Fsp3) is 0.370. The number of para-hydroxylation sites is 1. The topological polar surface area (TPSA) is 141 Å². The van der Waals surface area contributed by atoms with E-state index in [4.69, 9.17) is 4.74 Å². The van der Waals surface area contributed by atoms with Crippen LogP contribution in [0.3, 0.4) is 0 Å². The average Bonchev–Trinajstić information content (AvgIpc) is 3.18. The van der Waals surface area contributed by atoms with Crippen LogP contribution in [-0.2, 0) is 21.4 Å². The number of carbonyl (C=O) groups is 2. The Hall–Kier alpha value is -3.58. The first-order chi connectivity index (χ1) is 18.7. The van der Waals surface area contributed by atoms with Crippen LogP contribution >= 0.6 is 0 Å². The molecule has 3 aromatic rings.